The van der Waals surface area contributed by atoms with Crippen LogP contribution in [-0.2, 0) is 9.53 Å². The Kier molecular flexibility index (Phi) is 5.67. The minimum atomic E-state index is -1.07. The molecule has 1 aromatic rings. The van der Waals surface area contributed by atoms with Gasteiger partial charge in [-0.15, -0.1) is 11.3 Å². The summed E-state index contributed by atoms with van der Waals surface area (Å²) in [6.45, 7) is 5.76. The molecule has 0 radical (unpaired) electrons. The predicted molar refractivity (Wildman–Crippen MR) is 74.7 cm³/mol. The number of esters is 1. The quantitative estimate of drug-likeness (QED) is 0.492. The number of nitrogens with one attached hydrogen (secondary N) is 1. The summed E-state index contributed by atoms with van der Waals surface area (Å²) in [5.41, 5.74) is -0.514. The maximum absolute atomic E-state index is 11.4. The highest BCUT2D eigenvalue weighted by Gasteiger charge is 2.15. The number of hydrogen-bond donors (Lipinski definition) is 2. The molecule has 20 heavy (non-hydrogen) atoms. The van der Waals surface area contributed by atoms with Crippen molar-refractivity contribution in [2.75, 3.05) is 13.1 Å². The molecule has 0 aliphatic heterocycles. The fourth-order valence-corrected chi connectivity index (χ4v) is 1.81. The lowest BCUT2D eigenvalue weighted by molar-refractivity contribution is -0.153. The second-order valence-corrected chi connectivity index (χ2v) is 5.69. The molecule has 0 aliphatic carbocycles. The minimum Gasteiger partial charge on any atom is -0.476 e. The van der Waals surface area contributed by atoms with E-state index in [1.807, 2.05) is 0 Å². The van der Waals surface area contributed by atoms with Crippen molar-refractivity contribution in [2.24, 2.45) is 0 Å². The monoisotopic (exact) mass is 296 g/mol. The Balaban J connectivity index is 2.33. The first kappa shape index (κ1) is 16.1. The molecule has 0 aromatic carbocycles. The van der Waals surface area contributed by atoms with Gasteiger partial charge in [-0.25, -0.2) is 9.78 Å². The number of carboxylic acid groups (broad SMARTS) is 1. The Morgan fingerprint density at radius 3 is 2.75 bits per heavy atom. The normalized spacial score (nSPS) is 10.6. The predicted octanol–water partition coefficient (Wildman–Crippen LogP) is 1.12. The van der Waals surface area contributed by atoms with Crippen molar-refractivity contribution >= 4 is 23.3 Å². The SMILES string of the molecule is CC(C)(C)OC(=O)CNCC#Cc1nc(C(=O)O)cs1. The van der Waals surface area contributed by atoms with E-state index in [0.29, 0.717) is 11.6 Å². The highest BCUT2D eigenvalue weighted by Crippen LogP contribution is 2.08. The smallest absolute Gasteiger partial charge is 0.355 e. The van der Waals surface area contributed by atoms with Crippen molar-refractivity contribution in [3.05, 3.63) is 16.1 Å². The van der Waals surface area contributed by atoms with Crippen LogP contribution >= 0.6 is 11.3 Å². The highest BCUT2D eigenvalue weighted by atomic mass is 32.1. The first-order chi connectivity index (χ1) is 9.28. The molecule has 0 fully saturated rings. The molecule has 0 bridgehead atoms. The zero-order valence-electron chi connectivity index (χ0n) is 11.5. The molecular formula is C13H16N2O4S. The average molecular weight is 296 g/mol. The molecule has 0 spiro atoms. The van der Waals surface area contributed by atoms with E-state index < -0.39 is 11.6 Å². The molecule has 1 heterocycles. The van der Waals surface area contributed by atoms with E-state index in [1.54, 1.807) is 20.8 Å². The van der Waals surface area contributed by atoms with Gasteiger partial charge in [0, 0.05) is 5.38 Å². The van der Waals surface area contributed by atoms with Crippen LogP contribution in [0.2, 0.25) is 0 Å². The minimum absolute atomic E-state index is 0.0129. The van der Waals surface area contributed by atoms with Crippen LogP contribution in [0.25, 0.3) is 0 Å². The van der Waals surface area contributed by atoms with Gasteiger partial charge in [0.05, 0.1) is 13.1 Å². The van der Waals surface area contributed by atoms with E-state index in [0.717, 1.165) is 0 Å². The number of thiazole rings is 1. The maximum Gasteiger partial charge on any atom is 0.355 e. The van der Waals surface area contributed by atoms with Crippen LogP contribution in [0.4, 0.5) is 0 Å². The molecule has 0 saturated carbocycles. The van der Waals surface area contributed by atoms with E-state index in [9.17, 15) is 9.59 Å². The van der Waals surface area contributed by atoms with Crippen LogP contribution in [-0.4, -0.2) is 40.7 Å². The summed E-state index contributed by atoms with van der Waals surface area (Å²) in [4.78, 5) is 25.8. The van der Waals surface area contributed by atoms with Crippen LogP contribution < -0.4 is 5.32 Å². The van der Waals surface area contributed by atoms with Crippen molar-refractivity contribution < 1.29 is 19.4 Å². The van der Waals surface area contributed by atoms with Crippen LogP contribution in [0, 0.1) is 11.8 Å². The second-order valence-electron chi connectivity index (χ2n) is 4.83. The molecular weight excluding hydrogens is 280 g/mol. The third kappa shape index (κ3) is 6.31. The number of carbonyl (C=O) groups is 2. The van der Waals surface area contributed by atoms with Crippen molar-refractivity contribution in [3.8, 4) is 11.8 Å². The van der Waals surface area contributed by atoms with E-state index in [-0.39, 0.29) is 18.2 Å². The van der Waals surface area contributed by atoms with Gasteiger partial charge in [-0.2, -0.15) is 0 Å². The second kappa shape index (κ2) is 7.03. The van der Waals surface area contributed by atoms with Gasteiger partial charge in [0.1, 0.15) is 5.60 Å². The molecule has 0 saturated heterocycles. The Hall–Kier alpha value is -1.91. The summed E-state index contributed by atoms with van der Waals surface area (Å²) in [5.74, 6) is 4.06. The van der Waals surface area contributed by atoms with E-state index in [1.165, 1.54) is 16.7 Å². The zero-order valence-corrected chi connectivity index (χ0v) is 12.3. The van der Waals surface area contributed by atoms with Gasteiger partial charge in [0.25, 0.3) is 0 Å². The molecule has 0 amide bonds. The Morgan fingerprint density at radius 1 is 1.50 bits per heavy atom. The van der Waals surface area contributed by atoms with Crippen LogP contribution in [0.1, 0.15) is 36.3 Å². The van der Waals surface area contributed by atoms with E-state index >= 15 is 0 Å². The van der Waals surface area contributed by atoms with Crippen LogP contribution in [0.3, 0.4) is 0 Å². The van der Waals surface area contributed by atoms with Gasteiger partial charge >= 0.3 is 11.9 Å². The fraction of sp³-hybridized carbons (Fsp3) is 0.462. The van der Waals surface area contributed by atoms with Crippen molar-refractivity contribution in [1.29, 1.82) is 0 Å². The van der Waals surface area contributed by atoms with E-state index in [2.05, 4.69) is 22.1 Å². The van der Waals surface area contributed by atoms with Crippen molar-refractivity contribution in [3.63, 3.8) is 0 Å². The number of aromatic nitrogens is 1. The highest BCUT2D eigenvalue weighted by molar-refractivity contribution is 7.10. The Labute approximate surface area is 121 Å². The lowest BCUT2D eigenvalue weighted by Gasteiger charge is -2.19. The number of aromatic carboxylic acids is 1. The number of nitrogens with zero attached hydrogens (tertiary/aromatic N) is 1. The summed E-state index contributed by atoms with van der Waals surface area (Å²) in [5, 5.41) is 13.4. The number of carbonyl (C=O) groups excluding carboxylic acids is 1. The third-order valence-corrected chi connectivity index (χ3v) is 2.58. The summed E-state index contributed by atoms with van der Waals surface area (Å²) in [6, 6.07) is 0. The summed E-state index contributed by atoms with van der Waals surface area (Å²) >= 11 is 1.17. The molecule has 108 valence electrons. The third-order valence-electron chi connectivity index (χ3n) is 1.82. The lowest BCUT2D eigenvalue weighted by atomic mass is 10.2. The van der Waals surface area contributed by atoms with Gasteiger partial charge in [-0.05, 0) is 26.7 Å². The zero-order chi connectivity index (χ0) is 15.2. The molecule has 1 rings (SSSR count). The summed E-state index contributed by atoms with van der Waals surface area (Å²) in [6.07, 6.45) is 0. The number of ether oxygens (including phenoxy) is 1. The maximum atomic E-state index is 11.4. The van der Waals surface area contributed by atoms with E-state index in [4.69, 9.17) is 9.84 Å². The number of hydrogen-bond acceptors (Lipinski definition) is 6. The largest absolute Gasteiger partial charge is 0.476 e. The first-order valence-corrected chi connectivity index (χ1v) is 6.76. The molecule has 0 unspecified atom stereocenters. The Bertz CT molecular complexity index is 549. The van der Waals surface area contributed by atoms with Gasteiger partial charge in [0.2, 0.25) is 0 Å². The fourth-order valence-electron chi connectivity index (χ4n) is 1.15. The molecule has 7 heteroatoms. The summed E-state index contributed by atoms with van der Waals surface area (Å²) in [7, 11) is 0. The topological polar surface area (TPSA) is 88.5 Å². The molecule has 6 nitrogen and oxygen atoms in total. The number of rotatable bonds is 4. The van der Waals surface area contributed by atoms with Crippen LogP contribution in [0.5, 0.6) is 0 Å². The van der Waals surface area contributed by atoms with Gasteiger partial charge < -0.3 is 9.84 Å². The van der Waals surface area contributed by atoms with Crippen molar-refractivity contribution in [1.82, 2.24) is 10.3 Å². The van der Waals surface area contributed by atoms with Crippen molar-refractivity contribution in [2.45, 2.75) is 26.4 Å². The molecule has 0 atom stereocenters. The molecule has 2 N–H and O–H groups in total. The van der Waals surface area contributed by atoms with Crippen LogP contribution in [0.15, 0.2) is 5.38 Å². The van der Waals surface area contributed by atoms with Gasteiger partial charge in [-0.1, -0.05) is 5.92 Å². The summed E-state index contributed by atoms with van der Waals surface area (Å²) < 4.78 is 5.11. The Morgan fingerprint density at radius 2 is 2.20 bits per heavy atom. The standard InChI is InChI=1S/C13H16N2O4S/c1-13(2,3)19-11(16)7-14-6-4-5-10-15-9(8-20-10)12(17)18/h8,14H,6-7H2,1-3H3,(H,17,18). The van der Waals surface area contributed by atoms with Gasteiger partial charge in [0.15, 0.2) is 10.7 Å². The lowest BCUT2D eigenvalue weighted by Crippen LogP contribution is -2.31. The van der Waals surface area contributed by atoms with Gasteiger partial charge in [-0.3, -0.25) is 10.1 Å². The molecule has 1 aromatic heterocycles. The first-order valence-electron chi connectivity index (χ1n) is 5.88. The number of carboxylic acids is 1. The average Bonchev–Trinajstić information content (AvgIpc) is 2.75. The molecule has 0 aliphatic rings.